The number of pyridine rings is 1. The zero-order valence-corrected chi connectivity index (χ0v) is 11.5. The third kappa shape index (κ3) is 3.46. The van der Waals surface area contributed by atoms with Crippen LogP contribution in [0.15, 0.2) is 23.1 Å². The predicted octanol–water partition coefficient (Wildman–Crippen LogP) is 0.363. The molecule has 0 bridgehead atoms. The van der Waals surface area contributed by atoms with E-state index in [1.54, 1.807) is 6.07 Å². The lowest BCUT2D eigenvalue weighted by molar-refractivity contribution is -0.128. The summed E-state index contributed by atoms with van der Waals surface area (Å²) in [6, 6.07) is 3.10. The van der Waals surface area contributed by atoms with Gasteiger partial charge in [-0.25, -0.2) is 0 Å². The summed E-state index contributed by atoms with van der Waals surface area (Å²) >= 11 is 0. The minimum absolute atomic E-state index is 0.108. The molecule has 2 amide bonds. The van der Waals surface area contributed by atoms with E-state index < -0.39 is 5.56 Å². The third-order valence-electron chi connectivity index (χ3n) is 3.38. The number of aromatic nitrogens is 1. The Kier molecular flexibility index (Phi) is 4.55. The Labute approximate surface area is 117 Å². The van der Waals surface area contributed by atoms with Crippen LogP contribution in [0.5, 0.6) is 0 Å². The van der Waals surface area contributed by atoms with Gasteiger partial charge in [0.2, 0.25) is 5.91 Å². The number of likely N-dealkylation sites (tertiary alicyclic amines) is 1. The van der Waals surface area contributed by atoms with Gasteiger partial charge in [0, 0.05) is 32.3 Å². The van der Waals surface area contributed by atoms with Crippen molar-refractivity contribution < 1.29 is 9.59 Å². The van der Waals surface area contributed by atoms with Gasteiger partial charge in [-0.05, 0) is 24.5 Å². The van der Waals surface area contributed by atoms with Crippen molar-refractivity contribution in [1.82, 2.24) is 15.2 Å². The van der Waals surface area contributed by atoms with Crippen molar-refractivity contribution in [3.05, 3.63) is 34.2 Å². The Morgan fingerprint density at radius 1 is 1.50 bits per heavy atom. The smallest absolute Gasteiger partial charge is 0.260 e. The first-order valence-corrected chi connectivity index (χ1v) is 6.81. The van der Waals surface area contributed by atoms with Crippen LogP contribution < -0.4 is 10.9 Å². The van der Waals surface area contributed by atoms with E-state index >= 15 is 0 Å². The standard InChI is InChI=1S/C14H19N3O3/c1-10(9-17-7-3-5-12(17)18)8-16-14(20)11-4-2-6-15-13(11)19/h2,4,6,10H,3,5,7-9H2,1H3,(H,15,19)(H,16,20)/t10-/m1/s1. The van der Waals surface area contributed by atoms with Gasteiger partial charge in [-0.1, -0.05) is 6.92 Å². The number of H-pyrrole nitrogens is 1. The van der Waals surface area contributed by atoms with Crippen molar-refractivity contribution in [2.24, 2.45) is 5.92 Å². The quantitative estimate of drug-likeness (QED) is 0.815. The third-order valence-corrected chi connectivity index (χ3v) is 3.38. The van der Waals surface area contributed by atoms with Crippen LogP contribution in [-0.4, -0.2) is 41.3 Å². The highest BCUT2D eigenvalue weighted by molar-refractivity contribution is 5.93. The van der Waals surface area contributed by atoms with E-state index in [9.17, 15) is 14.4 Å². The zero-order chi connectivity index (χ0) is 14.5. The molecular weight excluding hydrogens is 258 g/mol. The maximum absolute atomic E-state index is 11.9. The summed E-state index contributed by atoms with van der Waals surface area (Å²) in [6.45, 7) is 3.86. The number of carbonyl (C=O) groups excluding carboxylic acids is 2. The number of amides is 2. The number of hydrogen-bond donors (Lipinski definition) is 2. The molecule has 6 nitrogen and oxygen atoms in total. The van der Waals surface area contributed by atoms with E-state index in [4.69, 9.17) is 0 Å². The first-order valence-electron chi connectivity index (χ1n) is 6.81. The largest absolute Gasteiger partial charge is 0.352 e. The number of aromatic amines is 1. The highest BCUT2D eigenvalue weighted by Crippen LogP contribution is 2.11. The second-order valence-corrected chi connectivity index (χ2v) is 5.17. The molecule has 0 saturated carbocycles. The first kappa shape index (κ1) is 14.3. The lowest BCUT2D eigenvalue weighted by Gasteiger charge is -2.20. The molecule has 1 atom stereocenters. The molecule has 1 fully saturated rings. The molecule has 1 aliphatic heterocycles. The molecule has 1 aromatic rings. The van der Waals surface area contributed by atoms with Crippen molar-refractivity contribution in [3.63, 3.8) is 0 Å². The van der Waals surface area contributed by atoms with Gasteiger partial charge in [0.15, 0.2) is 0 Å². The Bertz CT molecular complexity index is 553. The van der Waals surface area contributed by atoms with Gasteiger partial charge in [0.05, 0.1) is 0 Å². The van der Waals surface area contributed by atoms with Crippen molar-refractivity contribution in [2.45, 2.75) is 19.8 Å². The van der Waals surface area contributed by atoms with E-state index in [1.165, 1.54) is 12.3 Å². The summed E-state index contributed by atoms with van der Waals surface area (Å²) in [5.41, 5.74) is -0.288. The number of rotatable bonds is 5. The Morgan fingerprint density at radius 2 is 2.30 bits per heavy atom. The summed E-state index contributed by atoms with van der Waals surface area (Å²) in [5, 5.41) is 2.73. The number of nitrogens with zero attached hydrogens (tertiary/aromatic N) is 1. The average molecular weight is 277 g/mol. The molecule has 2 rings (SSSR count). The van der Waals surface area contributed by atoms with Crippen molar-refractivity contribution in [2.75, 3.05) is 19.6 Å². The average Bonchev–Trinajstić information content (AvgIpc) is 2.82. The molecule has 6 heteroatoms. The minimum atomic E-state index is -0.396. The lowest BCUT2D eigenvalue weighted by Crippen LogP contribution is -2.37. The highest BCUT2D eigenvalue weighted by Gasteiger charge is 2.22. The molecule has 0 aliphatic carbocycles. The fraction of sp³-hybridized carbons (Fsp3) is 0.500. The van der Waals surface area contributed by atoms with E-state index in [0.717, 1.165) is 13.0 Å². The molecular formula is C14H19N3O3. The summed E-state index contributed by atoms with van der Waals surface area (Å²) in [7, 11) is 0. The fourth-order valence-electron chi connectivity index (χ4n) is 2.30. The maximum atomic E-state index is 11.9. The van der Waals surface area contributed by atoms with E-state index in [-0.39, 0.29) is 23.3 Å². The molecule has 0 unspecified atom stereocenters. The second-order valence-electron chi connectivity index (χ2n) is 5.17. The minimum Gasteiger partial charge on any atom is -0.352 e. The number of hydrogen-bond acceptors (Lipinski definition) is 3. The molecule has 2 N–H and O–H groups in total. The van der Waals surface area contributed by atoms with Crippen LogP contribution in [0.1, 0.15) is 30.1 Å². The first-order chi connectivity index (χ1) is 9.58. The Hall–Kier alpha value is -2.11. The topological polar surface area (TPSA) is 82.3 Å². The van der Waals surface area contributed by atoms with Gasteiger partial charge in [-0.15, -0.1) is 0 Å². The summed E-state index contributed by atoms with van der Waals surface area (Å²) in [6.07, 6.45) is 3.02. The molecule has 0 spiro atoms. The van der Waals surface area contributed by atoms with Crippen LogP contribution in [-0.2, 0) is 4.79 Å². The molecule has 1 saturated heterocycles. The van der Waals surface area contributed by atoms with Crippen molar-refractivity contribution in [3.8, 4) is 0 Å². The van der Waals surface area contributed by atoms with E-state index in [0.29, 0.717) is 19.5 Å². The van der Waals surface area contributed by atoms with Gasteiger partial charge in [0.25, 0.3) is 11.5 Å². The maximum Gasteiger partial charge on any atom is 0.260 e. The summed E-state index contributed by atoms with van der Waals surface area (Å²) in [5.74, 6) is -0.0436. The normalized spacial score (nSPS) is 16.2. The number of carbonyl (C=O) groups is 2. The van der Waals surface area contributed by atoms with Crippen LogP contribution in [0.4, 0.5) is 0 Å². The van der Waals surface area contributed by atoms with Crippen LogP contribution in [0, 0.1) is 5.92 Å². The van der Waals surface area contributed by atoms with E-state index in [1.807, 2.05) is 11.8 Å². The Balaban J connectivity index is 1.83. The number of nitrogens with one attached hydrogen (secondary N) is 2. The van der Waals surface area contributed by atoms with Gasteiger partial charge < -0.3 is 15.2 Å². The van der Waals surface area contributed by atoms with Crippen LogP contribution >= 0.6 is 0 Å². The SMILES string of the molecule is C[C@H](CNC(=O)c1ccc[nH]c1=O)CN1CCCC1=O. The van der Waals surface area contributed by atoms with Crippen LogP contribution in [0.3, 0.4) is 0 Å². The predicted molar refractivity (Wildman–Crippen MR) is 74.4 cm³/mol. The van der Waals surface area contributed by atoms with Crippen LogP contribution in [0.2, 0.25) is 0 Å². The van der Waals surface area contributed by atoms with Gasteiger partial charge in [-0.2, -0.15) is 0 Å². The fourth-order valence-corrected chi connectivity index (χ4v) is 2.30. The highest BCUT2D eigenvalue weighted by atomic mass is 16.2. The molecule has 2 heterocycles. The molecule has 1 aliphatic rings. The summed E-state index contributed by atoms with van der Waals surface area (Å²) < 4.78 is 0. The molecule has 0 radical (unpaired) electrons. The van der Waals surface area contributed by atoms with Crippen LogP contribution in [0.25, 0.3) is 0 Å². The second kappa shape index (κ2) is 6.36. The molecule has 0 aromatic carbocycles. The van der Waals surface area contributed by atoms with E-state index in [2.05, 4.69) is 10.3 Å². The van der Waals surface area contributed by atoms with Crippen molar-refractivity contribution in [1.29, 1.82) is 0 Å². The molecule has 20 heavy (non-hydrogen) atoms. The van der Waals surface area contributed by atoms with Gasteiger partial charge in [0.1, 0.15) is 5.56 Å². The monoisotopic (exact) mass is 277 g/mol. The van der Waals surface area contributed by atoms with Gasteiger partial charge in [-0.3, -0.25) is 14.4 Å². The molecule has 1 aromatic heterocycles. The lowest BCUT2D eigenvalue weighted by atomic mass is 10.1. The van der Waals surface area contributed by atoms with Gasteiger partial charge >= 0.3 is 0 Å². The molecule has 108 valence electrons. The Morgan fingerprint density at radius 3 is 2.95 bits per heavy atom. The van der Waals surface area contributed by atoms with Crippen molar-refractivity contribution >= 4 is 11.8 Å². The summed E-state index contributed by atoms with van der Waals surface area (Å²) in [4.78, 5) is 39.1. The zero-order valence-electron chi connectivity index (χ0n) is 11.5.